The van der Waals surface area contributed by atoms with Gasteiger partial charge >= 0.3 is 0 Å². The standard InChI is InChI=1S/C31H40N4O4/c1-4-33-15-17-34(18-16-33)28-10-5-9-25-26(28)22-35(31(25)36)27(11-6-14-32-21-24-8-7-19-39-24)23-12-13-29(37-2)30(20-23)38-3/h5,7-10,12-13,19-20,27,32H,4,6,11,14-18,21-22H2,1-3H3/t27-/m1/s1. The fraction of sp³-hybridized carbons (Fsp3) is 0.452. The highest BCUT2D eigenvalue weighted by atomic mass is 16.5. The van der Waals surface area contributed by atoms with Crippen LogP contribution in [0.3, 0.4) is 0 Å². The molecule has 39 heavy (non-hydrogen) atoms. The van der Waals surface area contributed by atoms with E-state index in [4.69, 9.17) is 13.9 Å². The third-order valence-electron chi connectivity index (χ3n) is 8.01. The molecule has 208 valence electrons. The van der Waals surface area contributed by atoms with Crippen molar-refractivity contribution in [3.63, 3.8) is 0 Å². The first kappa shape index (κ1) is 27.1. The number of hydrogen-bond donors (Lipinski definition) is 1. The van der Waals surface area contributed by atoms with Crippen LogP contribution in [0.15, 0.2) is 59.2 Å². The Morgan fingerprint density at radius 3 is 2.54 bits per heavy atom. The number of benzene rings is 2. The molecule has 5 rings (SSSR count). The molecule has 2 aliphatic rings. The Kier molecular flexibility index (Phi) is 8.74. The van der Waals surface area contributed by atoms with Gasteiger partial charge in [0.25, 0.3) is 5.91 Å². The number of rotatable bonds is 12. The first-order valence-corrected chi connectivity index (χ1v) is 14.0. The van der Waals surface area contributed by atoms with Crippen molar-refractivity contribution in [3.8, 4) is 11.5 Å². The van der Waals surface area contributed by atoms with Crippen molar-refractivity contribution >= 4 is 11.6 Å². The number of fused-ring (bicyclic) bond motifs is 1. The van der Waals surface area contributed by atoms with Crippen LogP contribution in [0.2, 0.25) is 0 Å². The molecule has 8 heteroatoms. The van der Waals surface area contributed by atoms with Crippen LogP contribution in [-0.4, -0.2) is 69.2 Å². The highest BCUT2D eigenvalue weighted by Gasteiger charge is 2.36. The van der Waals surface area contributed by atoms with E-state index in [1.165, 1.54) is 5.69 Å². The molecule has 0 radical (unpaired) electrons. The molecule has 2 aliphatic heterocycles. The summed E-state index contributed by atoms with van der Waals surface area (Å²) in [5.41, 5.74) is 4.23. The maximum absolute atomic E-state index is 13.9. The van der Waals surface area contributed by atoms with E-state index in [2.05, 4.69) is 34.2 Å². The molecule has 1 aromatic heterocycles. The van der Waals surface area contributed by atoms with Gasteiger partial charge in [0.2, 0.25) is 0 Å². The van der Waals surface area contributed by atoms with Gasteiger partial charge in [0.05, 0.1) is 33.1 Å². The number of hydrogen-bond acceptors (Lipinski definition) is 7. The number of methoxy groups -OCH3 is 2. The van der Waals surface area contributed by atoms with E-state index < -0.39 is 0 Å². The molecule has 1 atom stereocenters. The van der Waals surface area contributed by atoms with E-state index in [0.29, 0.717) is 24.6 Å². The zero-order valence-electron chi connectivity index (χ0n) is 23.3. The smallest absolute Gasteiger partial charge is 0.255 e. The molecule has 8 nitrogen and oxygen atoms in total. The number of nitrogens with zero attached hydrogens (tertiary/aromatic N) is 3. The molecule has 1 amide bonds. The Hall–Kier alpha value is -3.49. The molecule has 1 saturated heterocycles. The van der Waals surface area contributed by atoms with Crippen molar-refractivity contribution in [2.75, 3.05) is 58.4 Å². The first-order chi connectivity index (χ1) is 19.1. The van der Waals surface area contributed by atoms with Crippen LogP contribution in [0, 0.1) is 0 Å². The summed E-state index contributed by atoms with van der Waals surface area (Å²) in [5.74, 6) is 2.38. The van der Waals surface area contributed by atoms with Gasteiger partial charge in [-0.15, -0.1) is 0 Å². The lowest BCUT2D eigenvalue weighted by atomic mass is 9.99. The maximum atomic E-state index is 13.9. The van der Waals surface area contributed by atoms with E-state index in [9.17, 15) is 4.79 Å². The monoisotopic (exact) mass is 532 g/mol. The zero-order valence-corrected chi connectivity index (χ0v) is 23.3. The molecular weight excluding hydrogens is 492 g/mol. The van der Waals surface area contributed by atoms with Crippen LogP contribution >= 0.6 is 0 Å². The summed E-state index contributed by atoms with van der Waals surface area (Å²) in [5, 5.41) is 3.46. The van der Waals surface area contributed by atoms with Gasteiger partial charge in [0, 0.05) is 49.5 Å². The molecule has 2 aromatic carbocycles. The van der Waals surface area contributed by atoms with Gasteiger partial charge < -0.3 is 33.9 Å². The molecular formula is C31H40N4O4. The molecule has 0 unspecified atom stereocenters. The number of carbonyl (C=O) groups is 1. The van der Waals surface area contributed by atoms with Crippen molar-refractivity contribution in [2.45, 2.75) is 38.9 Å². The van der Waals surface area contributed by atoms with E-state index in [1.54, 1.807) is 20.5 Å². The van der Waals surface area contributed by atoms with Crippen molar-refractivity contribution in [3.05, 3.63) is 77.2 Å². The van der Waals surface area contributed by atoms with Crippen molar-refractivity contribution in [2.24, 2.45) is 0 Å². The summed E-state index contributed by atoms with van der Waals surface area (Å²) in [4.78, 5) is 20.9. The third kappa shape index (κ3) is 5.92. The molecule has 1 fully saturated rings. The Morgan fingerprint density at radius 1 is 1.00 bits per heavy atom. The lowest BCUT2D eigenvalue weighted by Gasteiger charge is -2.36. The van der Waals surface area contributed by atoms with Crippen molar-refractivity contribution in [1.82, 2.24) is 15.1 Å². The number of likely N-dealkylation sites (N-methyl/N-ethyl adjacent to an activating group) is 1. The Bertz CT molecular complexity index is 1240. The number of anilines is 1. The fourth-order valence-corrected chi connectivity index (χ4v) is 5.80. The number of nitrogens with one attached hydrogen (secondary N) is 1. The maximum Gasteiger partial charge on any atom is 0.255 e. The van der Waals surface area contributed by atoms with Crippen LogP contribution in [0.25, 0.3) is 0 Å². The predicted octanol–water partition coefficient (Wildman–Crippen LogP) is 4.71. The van der Waals surface area contributed by atoms with E-state index in [0.717, 1.165) is 74.6 Å². The van der Waals surface area contributed by atoms with Gasteiger partial charge in [0.1, 0.15) is 5.76 Å². The van der Waals surface area contributed by atoms with Gasteiger partial charge in [-0.25, -0.2) is 0 Å². The van der Waals surface area contributed by atoms with E-state index >= 15 is 0 Å². The second-order valence-corrected chi connectivity index (χ2v) is 10.2. The predicted molar refractivity (Wildman–Crippen MR) is 153 cm³/mol. The van der Waals surface area contributed by atoms with Crippen LogP contribution in [0.5, 0.6) is 11.5 Å². The summed E-state index contributed by atoms with van der Waals surface area (Å²) >= 11 is 0. The second kappa shape index (κ2) is 12.6. The van der Waals surface area contributed by atoms with Crippen LogP contribution in [0.1, 0.15) is 53.1 Å². The molecule has 3 aromatic rings. The minimum absolute atomic E-state index is 0.0834. The molecule has 0 bridgehead atoms. The Balaban J connectivity index is 1.36. The number of amides is 1. The molecule has 3 heterocycles. The lowest BCUT2D eigenvalue weighted by molar-refractivity contribution is 0.0689. The highest BCUT2D eigenvalue weighted by Crippen LogP contribution is 2.40. The summed E-state index contributed by atoms with van der Waals surface area (Å²) in [6.45, 7) is 9.50. The van der Waals surface area contributed by atoms with E-state index in [-0.39, 0.29) is 11.9 Å². The Labute approximate surface area is 231 Å². The van der Waals surface area contributed by atoms with Crippen LogP contribution in [0.4, 0.5) is 5.69 Å². The average Bonchev–Trinajstić information content (AvgIpc) is 3.62. The second-order valence-electron chi connectivity index (χ2n) is 10.2. The molecule has 0 spiro atoms. The molecule has 0 aliphatic carbocycles. The van der Waals surface area contributed by atoms with Gasteiger partial charge in [0.15, 0.2) is 11.5 Å². The largest absolute Gasteiger partial charge is 0.493 e. The number of furan rings is 1. The SMILES string of the molecule is CCN1CCN(c2cccc3c2CN([C@H](CCCNCc2ccco2)c2ccc(OC)c(OC)c2)C3=O)CC1. The van der Waals surface area contributed by atoms with Crippen molar-refractivity contribution in [1.29, 1.82) is 0 Å². The Morgan fingerprint density at radius 2 is 1.82 bits per heavy atom. The zero-order chi connectivity index (χ0) is 27.2. The summed E-state index contributed by atoms with van der Waals surface area (Å²) in [7, 11) is 3.29. The fourth-order valence-electron chi connectivity index (χ4n) is 5.80. The summed E-state index contributed by atoms with van der Waals surface area (Å²) in [6.07, 6.45) is 3.43. The highest BCUT2D eigenvalue weighted by molar-refractivity contribution is 6.00. The molecule has 1 N–H and O–H groups in total. The van der Waals surface area contributed by atoms with Gasteiger partial charge in [-0.2, -0.15) is 0 Å². The van der Waals surface area contributed by atoms with Crippen LogP contribution in [-0.2, 0) is 13.1 Å². The normalized spacial score (nSPS) is 16.4. The van der Waals surface area contributed by atoms with Gasteiger partial charge in [-0.05, 0) is 67.9 Å². The van der Waals surface area contributed by atoms with E-state index in [1.807, 2.05) is 41.3 Å². The van der Waals surface area contributed by atoms with Gasteiger partial charge in [-0.3, -0.25) is 4.79 Å². The summed E-state index contributed by atoms with van der Waals surface area (Å²) < 4.78 is 16.5. The quantitative estimate of drug-likeness (QED) is 0.339. The lowest BCUT2D eigenvalue weighted by Crippen LogP contribution is -2.46. The van der Waals surface area contributed by atoms with Gasteiger partial charge in [-0.1, -0.05) is 19.1 Å². The topological polar surface area (TPSA) is 70.4 Å². The van der Waals surface area contributed by atoms with Crippen molar-refractivity contribution < 1.29 is 18.7 Å². The molecule has 0 saturated carbocycles. The summed E-state index contributed by atoms with van der Waals surface area (Å²) in [6, 6.07) is 16.0. The van der Waals surface area contributed by atoms with Crippen LogP contribution < -0.4 is 19.7 Å². The average molecular weight is 533 g/mol. The third-order valence-corrected chi connectivity index (χ3v) is 8.01. The number of carbonyl (C=O) groups excluding carboxylic acids is 1. The minimum atomic E-state index is -0.0834. The number of piperazine rings is 1. The number of ether oxygens (including phenoxy) is 2. The minimum Gasteiger partial charge on any atom is -0.493 e. The first-order valence-electron chi connectivity index (χ1n) is 14.0.